The first-order valence-electron chi connectivity index (χ1n) is 10.3. The molecule has 0 unspecified atom stereocenters. The number of fused-ring (bicyclic) bond motifs is 1. The van der Waals surface area contributed by atoms with Crippen molar-refractivity contribution in [2.24, 2.45) is 0 Å². The number of hydrogen-bond acceptors (Lipinski definition) is 6. The number of pyridine rings is 1. The molecule has 0 fully saturated rings. The molecule has 2 aromatic rings. The van der Waals surface area contributed by atoms with Gasteiger partial charge >= 0.3 is 0 Å². The van der Waals surface area contributed by atoms with E-state index in [-0.39, 0.29) is 11.4 Å². The standard InChI is InChI=1S/C21H29N3O3S.CH2O2/c1-5-24-12-10-17-14-20(21(27-4)22-19(17)11-13-24)23-28(25,26)18-8-6-16(7-9-18)15(2)3;2-1-3/h6-9,14-15,23H,5,10-13H2,1-4H3;1H,(H,2,3). The Morgan fingerprint density at radius 2 is 1.84 bits per heavy atom. The predicted octanol–water partition coefficient (Wildman–Crippen LogP) is 3.14. The van der Waals surface area contributed by atoms with Crippen LogP contribution in [0.4, 0.5) is 5.69 Å². The third-order valence-corrected chi connectivity index (χ3v) is 6.64. The molecular weight excluding hydrogens is 418 g/mol. The molecule has 31 heavy (non-hydrogen) atoms. The van der Waals surface area contributed by atoms with E-state index >= 15 is 0 Å². The summed E-state index contributed by atoms with van der Waals surface area (Å²) < 4.78 is 33.8. The van der Waals surface area contributed by atoms with Gasteiger partial charge in [0.15, 0.2) is 0 Å². The van der Waals surface area contributed by atoms with Crippen molar-refractivity contribution in [3.8, 4) is 5.88 Å². The van der Waals surface area contributed by atoms with E-state index in [1.54, 1.807) is 12.1 Å². The first kappa shape index (κ1) is 24.6. The topological polar surface area (TPSA) is 109 Å². The number of sulfonamides is 1. The highest BCUT2D eigenvalue weighted by molar-refractivity contribution is 7.92. The Bertz CT molecular complexity index is 975. The molecule has 8 nitrogen and oxygen atoms in total. The number of likely N-dealkylation sites (N-methyl/N-ethyl adjacent to an activating group) is 1. The molecule has 9 heteroatoms. The second-order valence-corrected chi connectivity index (χ2v) is 9.20. The molecule has 1 aromatic heterocycles. The maximum absolute atomic E-state index is 12.9. The van der Waals surface area contributed by atoms with Crippen molar-refractivity contribution >= 4 is 22.2 Å². The molecule has 1 aliphatic heterocycles. The van der Waals surface area contributed by atoms with Crippen molar-refractivity contribution in [3.05, 3.63) is 47.2 Å². The summed E-state index contributed by atoms with van der Waals surface area (Å²) in [5, 5.41) is 6.89. The lowest BCUT2D eigenvalue weighted by Gasteiger charge is -2.16. The molecule has 3 rings (SSSR count). The van der Waals surface area contributed by atoms with Gasteiger partial charge in [0.05, 0.1) is 12.0 Å². The third kappa shape index (κ3) is 6.41. The van der Waals surface area contributed by atoms with Gasteiger partial charge in [0, 0.05) is 25.2 Å². The van der Waals surface area contributed by atoms with Crippen LogP contribution >= 0.6 is 0 Å². The molecule has 0 saturated carbocycles. The number of methoxy groups -OCH3 is 1. The number of nitrogens with one attached hydrogen (secondary N) is 1. The van der Waals surface area contributed by atoms with Crippen molar-refractivity contribution in [2.75, 3.05) is 31.5 Å². The molecule has 1 aromatic carbocycles. The van der Waals surface area contributed by atoms with Crippen LogP contribution in [-0.2, 0) is 27.7 Å². The number of rotatable bonds is 6. The quantitative estimate of drug-likeness (QED) is 0.652. The smallest absolute Gasteiger partial charge is 0.290 e. The molecule has 0 spiro atoms. The van der Waals surface area contributed by atoms with Crippen molar-refractivity contribution in [1.82, 2.24) is 9.88 Å². The molecule has 0 aliphatic carbocycles. The lowest BCUT2D eigenvalue weighted by molar-refractivity contribution is -0.122. The van der Waals surface area contributed by atoms with Crippen molar-refractivity contribution in [3.63, 3.8) is 0 Å². The highest BCUT2D eigenvalue weighted by Crippen LogP contribution is 2.29. The molecule has 0 bridgehead atoms. The van der Waals surface area contributed by atoms with Gasteiger partial charge in [0.2, 0.25) is 5.88 Å². The van der Waals surface area contributed by atoms with Gasteiger partial charge in [-0.25, -0.2) is 13.4 Å². The molecule has 170 valence electrons. The largest absolute Gasteiger partial charge is 0.483 e. The zero-order valence-corrected chi connectivity index (χ0v) is 19.3. The number of aromatic nitrogens is 1. The fraction of sp³-hybridized carbons (Fsp3) is 0.455. The molecule has 0 radical (unpaired) electrons. The van der Waals surface area contributed by atoms with Crippen LogP contribution in [0.3, 0.4) is 0 Å². The number of carboxylic acid groups (broad SMARTS) is 1. The number of anilines is 1. The minimum Gasteiger partial charge on any atom is -0.483 e. The van der Waals surface area contributed by atoms with Gasteiger partial charge in [-0.05, 0) is 48.2 Å². The lowest BCUT2D eigenvalue weighted by atomic mass is 10.0. The van der Waals surface area contributed by atoms with Crippen molar-refractivity contribution < 1.29 is 23.1 Å². The Hall–Kier alpha value is -2.65. The maximum atomic E-state index is 12.9. The van der Waals surface area contributed by atoms with Crippen LogP contribution in [0.5, 0.6) is 5.88 Å². The van der Waals surface area contributed by atoms with E-state index in [9.17, 15) is 8.42 Å². The van der Waals surface area contributed by atoms with Gasteiger partial charge < -0.3 is 14.7 Å². The Labute approximate surface area is 184 Å². The zero-order valence-electron chi connectivity index (χ0n) is 18.5. The maximum Gasteiger partial charge on any atom is 0.290 e. The third-order valence-electron chi connectivity index (χ3n) is 5.26. The Morgan fingerprint density at radius 1 is 1.23 bits per heavy atom. The number of hydrogen-bond donors (Lipinski definition) is 2. The average Bonchev–Trinajstić information content (AvgIpc) is 2.95. The van der Waals surface area contributed by atoms with Gasteiger partial charge in [-0.15, -0.1) is 0 Å². The summed E-state index contributed by atoms with van der Waals surface area (Å²) in [7, 11) is -2.21. The van der Waals surface area contributed by atoms with Crippen molar-refractivity contribution in [1.29, 1.82) is 0 Å². The van der Waals surface area contributed by atoms with E-state index in [1.807, 2.05) is 18.2 Å². The van der Waals surface area contributed by atoms with Gasteiger partial charge in [-0.3, -0.25) is 9.52 Å². The first-order valence-corrected chi connectivity index (χ1v) is 11.7. The van der Waals surface area contributed by atoms with Crippen LogP contribution < -0.4 is 9.46 Å². The zero-order chi connectivity index (χ0) is 23.0. The summed E-state index contributed by atoms with van der Waals surface area (Å²) >= 11 is 0. The minimum atomic E-state index is -3.72. The van der Waals surface area contributed by atoms with Crippen LogP contribution in [0.25, 0.3) is 0 Å². The van der Waals surface area contributed by atoms with Gasteiger partial charge in [0.25, 0.3) is 16.5 Å². The fourth-order valence-electron chi connectivity index (χ4n) is 3.44. The summed E-state index contributed by atoms with van der Waals surface area (Å²) in [4.78, 5) is 15.6. The highest BCUT2D eigenvalue weighted by atomic mass is 32.2. The predicted molar refractivity (Wildman–Crippen MR) is 120 cm³/mol. The summed E-state index contributed by atoms with van der Waals surface area (Å²) in [5.41, 5.74) is 3.55. The lowest BCUT2D eigenvalue weighted by Crippen LogP contribution is -2.25. The monoisotopic (exact) mass is 449 g/mol. The second-order valence-electron chi connectivity index (χ2n) is 7.52. The van der Waals surface area contributed by atoms with E-state index in [0.29, 0.717) is 17.5 Å². The van der Waals surface area contributed by atoms with Gasteiger partial charge in [-0.2, -0.15) is 0 Å². The Morgan fingerprint density at radius 3 is 2.39 bits per heavy atom. The van der Waals surface area contributed by atoms with Gasteiger partial charge in [-0.1, -0.05) is 32.9 Å². The molecule has 0 atom stereocenters. The number of ether oxygens (including phenoxy) is 1. The molecular formula is C22H31N3O5S. The average molecular weight is 450 g/mol. The SMILES string of the molecule is CCN1CCc2cc(NS(=O)(=O)c3ccc(C(C)C)cc3)c(OC)nc2CC1.O=CO. The summed E-state index contributed by atoms with van der Waals surface area (Å²) in [6, 6.07) is 8.86. The molecule has 1 aliphatic rings. The number of carbonyl (C=O) groups is 1. The van der Waals surface area contributed by atoms with Crippen LogP contribution in [0.1, 0.15) is 43.5 Å². The summed E-state index contributed by atoms with van der Waals surface area (Å²) in [6.45, 7) is 8.94. The normalized spacial score (nSPS) is 14.1. The van der Waals surface area contributed by atoms with Crippen molar-refractivity contribution in [2.45, 2.75) is 44.4 Å². The molecule has 0 amide bonds. The van der Waals surface area contributed by atoms with E-state index in [2.05, 4.69) is 35.4 Å². The van der Waals surface area contributed by atoms with Crippen LogP contribution in [0.15, 0.2) is 35.2 Å². The van der Waals surface area contributed by atoms with E-state index in [4.69, 9.17) is 14.6 Å². The number of nitrogens with zero attached hydrogens (tertiary/aromatic N) is 2. The van der Waals surface area contributed by atoms with E-state index in [1.165, 1.54) is 7.11 Å². The minimum absolute atomic E-state index is 0.228. The van der Waals surface area contributed by atoms with Crippen LogP contribution in [-0.4, -0.2) is 56.6 Å². The molecule has 2 heterocycles. The van der Waals surface area contributed by atoms with Gasteiger partial charge in [0.1, 0.15) is 5.69 Å². The van der Waals surface area contributed by atoms with E-state index < -0.39 is 10.0 Å². The van der Waals surface area contributed by atoms with E-state index in [0.717, 1.165) is 49.3 Å². The Kier molecular flexibility index (Phi) is 8.82. The first-order chi connectivity index (χ1) is 14.7. The summed E-state index contributed by atoms with van der Waals surface area (Å²) in [6.07, 6.45) is 1.68. The van der Waals surface area contributed by atoms with Crippen LogP contribution in [0, 0.1) is 0 Å². The Balaban J connectivity index is 0.00000107. The molecule has 0 saturated heterocycles. The van der Waals surface area contributed by atoms with Crippen LogP contribution in [0.2, 0.25) is 0 Å². The second kappa shape index (κ2) is 11.1. The highest BCUT2D eigenvalue weighted by Gasteiger charge is 2.21. The fourth-order valence-corrected chi connectivity index (χ4v) is 4.49. The number of benzene rings is 1. The molecule has 2 N–H and O–H groups in total. The summed E-state index contributed by atoms with van der Waals surface area (Å²) in [5.74, 6) is 0.660.